The molecule has 3 atom stereocenters. The topological polar surface area (TPSA) is 29.1 Å². The van der Waals surface area contributed by atoms with Crippen LogP contribution in [0.5, 0.6) is 0 Å². The van der Waals surface area contributed by atoms with Crippen LogP contribution in [0.15, 0.2) is 0 Å². The van der Waals surface area contributed by atoms with Crippen LogP contribution in [-0.2, 0) is 4.79 Å². The van der Waals surface area contributed by atoms with Gasteiger partial charge in [-0.05, 0) is 24.7 Å². The minimum atomic E-state index is 0.155. The van der Waals surface area contributed by atoms with Crippen LogP contribution in [0.25, 0.3) is 0 Å². The van der Waals surface area contributed by atoms with Crippen molar-refractivity contribution in [3.8, 4) is 0 Å². The van der Waals surface area contributed by atoms with Crippen LogP contribution in [0.1, 0.15) is 51.9 Å². The van der Waals surface area contributed by atoms with Gasteiger partial charge in [0.1, 0.15) is 0 Å². The van der Waals surface area contributed by atoms with E-state index < -0.39 is 0 Å². The monoisotopic (exact) mass is 195 g/mol. The van der Waals surface area contributed by atoms with Crippen molar-refractivity contribution in [1.82, 2.24) is 5.32 Å². The summed E-state index contributed by atoms with van der Waals surface area (Å²) in [6.07, 6.45) is 9.42. The summed E-state index contributed by atoms with van der Waals surface area (Å²) >= 11 is 0. The molecule has 1 N–H and O–H groups in total. The summed E-state index contributed by atoms with van der Waals surface area (Å²) in [6.45, 7) is 1.65. The van der Waals surface area contributed by atoms with Gasteiger partial charge in [-0.1, -0.05) is 32.1 Å². The third-order valence-corrected chi connectivity index (χ3v) is 3.96. The van der Waals surface area contributed by atoms with E-state index in [1.807, 2.05) is 0 Å². The van der Waals surface area contributed by atoms with Crippen molar-refractivity contribution in [3.63, 3.8) is 0 Å². The molecule has 80 valence electrons. The number of amides is 1. The highest BCUT2D eigenvalue weighted by atomic mass is 16.1. The molecule has 0 aliphatic heterocycles. The minimum Gasteiger partial charge on any atom is -0.353 e. The van der Waals surface area contributed by atoms with Crippen molar-refractivity contribution < 1.29 is 4.79 Å². The lowest BCUT2D eigenvalue weighted by molar-refractivity contribution is -0.120. The Kier molecular flexibility index (Phi) is 3.09. The molecule has 2 fully saturated rings. The fourth-order valence-corrected chi connectivity index (χ4v) is 3.38. The van der Waals surface area contributed by atoms with Gasteiger partial charge in [0.25, 0.3) is 0 Å². The van der Waals surface area contributed by atoms with E-state index in [1.165, 1.54) is 44.9 Å². The average molecular weight is 195 g/mol. The van der Waals surface area contributed by atoms with E-state index in [0.717, 1.165) is 11.8 Å². The average Bonchev–Trinajstić information content (AvgIpc) is 2.51. The van der Waals surface area contributed by atoms with Gasteiger partial charge in [0.15, 0.2) is 0 Å². The molecule has 0 aromatic heterocycles. The molecule has 2 rings (SSSR count). The molecule has 0 spiro atoms. The lowest BCUT2D eigenvalue weighted by Crippen LogP contribution is -2.39. The van der Waals surface area contributed by atoms with Crippen molar-refractivity contribution in [2.24, 2.45) is 11.8 Å². The molecule has 0 aromatic carbocycles. The smallest absolute Gasteiger partial charge is 0.217 e. The van der Waals surface area contributed by atoms with Gasteiger partial charge in [0.05, 0.1) is 0 Å². The highest BCUT2D eigenvalue weighted by molar-refractivity contribution is 5.73. The van der Waals surface area contributed by atoms with Gasteiger partial charge in [-0.3, -0.25) is 4.79 Å². The molecule has 0 heterocycles. The first-order valence-corrected chi connectivity index (χ1v) is 6.04. The summed E-state index contributed by atoms with van der Waals surface area (Å²) in [5.74, 6) is 1.86. The molecule has 3 unspecified atom stereocenters. The third-order valence-electron chi connectivity index (χ3n) is 3.96. The van der Waals surface area contributed by atoms with Crippen LogP contribution in [0, 0.1) is 11.8 Å². The Balaban J connectivity index is 2.01. The van der Waals surface area contributed by atoms with E-state index in [0.29, 0.717) is 6.04 Å². The summed E-state index contributed by atoms with van der Waals surface area (Å²) in [7, 11) is 0. The molecular weight excluding hydrogens is 174 g/mol. The zero-order chi connectivity index (χ0) is 9.97. The second kappa shape index (κ2) is 4.33. The Morgan fingerprint density at radius 1 is 1.07 bits per heavy atom. The molecular formula is C12H21NO. The van der Waals surface area contributed by atoms with Gasteiger partial charge in [-0.25, -0.2) is 0 Å². The fraction of sp³-hybridized carbons (Fsp3) is 0.917. The summed E-state index contributed by atoms with van der Waals surface area (Å²) in [6, 6.07) is 0.488. The minimum absolute atomic E-state index is 0.155. The van der Waals surface area contributed by atoms with Gasteiger partial charge in [0, 0.05) is 13.0 Å². The Bertz CT molecular complexity index is 214. The van der Waals surface area contributed by atoms with E-state index in [1.54, 1.807) is 6.92 Å². The number of fused-ring (bicyclic) bond motifs is 1. The SMILES string of the molecule is CC(=O)NC1CCCCC2CCCC21. The number of nitrogens with one attached hydrogen (secondary N) is 1. The highest BCUT2D eigenvalue weighted by Gasteiger charge is 2.35. The van der Waals surface area contributed by atoms with Gasteiger partial charge >= 0.3 is 0 Å². The van der Waals surface area contributed by atoms with Gasteiger partial charge in [0.2, 0.25) is 5.91 Å². The lowest BCUT2D eigenvalue weighted by atomic mass is 9.88. The molecule has 14 heavy (non-hydrogen) atoms. The summed E-state index contributed by atoms with van der Waals surface area (Å²) in [5.41, 5.74) is 0. The molecule has 0 aromatic rings. The van der Waals surface area contributed by atoms with Crippen LogP contribution < -0.4 is 5.32 Å². The van der Waals surface area contributed by atoms with Crippen LogP contribution in [0.2, 0.25) is 0 Å². The summed E-state index contributed by atoms with van der Waals surface area (Å²) in [5, 5.41) is 3.15. The van der Waals surface area contributed by atoms with Gasteiger partial charge < -0.3 is 5.32 Å². The maximum atomic E-state index is 11.1. The Morgan fingerprint density at radius 3 is 2.57 bits per heavy atom. The quantitative estimate of drug-likeness (QED) is 0.684. The number of carbonyl (C=O) groups is 1. The van der Waals surface area contributed by atoms with Gasteiger partial charge in [-0.2, -0.15) is 0 Å². The van der Waals surface area contributed by atoms with E-state index in [9.17, 15) is 4.79 Å². The fourth-order valence-electron chi connectivity index (χ4n) is 3.38. The Labute approximate surface area is 86.5 Å². The molecule has 0 saturated heterocycles. The predicted octanol–water partition coefficient (Wildman–Crippen LogP) is 2.48. The third kappa shape index (κ3) is 2.10. The van der Waals surface area contributed by atoms with E-state index in [4.69, 9.17) is 0 Å². The standard InChI is InChI=1S/C12H21NO/c1-9(14)13-12-8-3-2-5-10-6-4-7-11(10)12/h10-12H,2-8H2,1H3,(H,13,14). The van der Waals surface area contributed by atoms with E-state index >= 15 is 0 Å². The maximum Gasteiger partial charge on any atom is 0.217 e. The molecule has 0 bridgehead atoms. The van der Waals surface area contributed by atoms with Crippen LogP contribution >= 0.6 is 0 Å². The zero-order valence-corrected chi connectivity index (χ0v) is 9.09. The molecule has 0 radical (unpaired) electrons. The summed E-state index contributed by atoms with van der Waals surface area (Å²) < 4.78 is 0. The Morgan fingerprint density at radius 2 is 1.79 bits per heavy atom. The molecule has 2 saturated carbocycles. The molecule has 2 nitrogen and oxygen atoms in total. The van der Waals surface area contributed by atoms with Crippen LogP contribution in [0.4, 0.5) is 0 Å². The van der Waals surface area contributed by atoms with Crippen molar-refractivity contribution >= 4 is 5.91 Å². The first-order chi connectivity index (χ1) is 6.77. The lowest BCUT2D eigenvalue weighted by Gasteiger charge is -2.26. The summed E-state index contributed by atoms with van der Waals surface area (Å²) in [4.78, 5) is 11.1. The normalized spacial score (nSPS) is 37.4. The number of hydrogen-bond acceptors (Lipinski definition) is 1. The largest absolute Gasteiger partial charge is 0.353 e. The highest BCUT2D eigenvalue weighted by Crippen LogP contribution is 2.40. The molecule has 2 heteroatoms. The van der Waals surface area contributed by atoms with Crippen LogP contribution in [0.3, 0.4) is 0 Å². The Hall–Kier alpha value is -0.530. The number of carbonyl (C=O) groups excluding carboxylic acids is 1. The first-order valence-electron chi connectivity index (χ1n) is 6.04. The van der Waals surface area contributed by atoms with Crippen molar-refractivity contribution in [2.45, 2.75) is 57.9 Å². The van der Waals surface area contributed by atoms with E-state index in [2.05, 4.69) is 5.32 Å². The zero-order valence-electron chi connectivity index (χ0n) is 9.09. The second-order valence-electron chi connectivity index (χ2n) is 4.95. The van der Waals surface area contributed by atoms with E-state index in [-0.39, 0.29) is 5.91 Å². The second-order valence-corrected chi connectivity index (χ2v) is 4.95. The molecule has 1 amide bonds. The van der Waals surface area contributed by atoms with Crippen molar-refractivity contribution in [1.29, 1.82) is 0 Å². The first kappa shape index (κ1) is 10.0. The number of rotatable bonds is 1. The predicted molar refractivity (Wildman–Crippen MR) is 56.9 cm³/mol. The number of hydrogen-bond donors (Lipinski definition) is 1. The van der Waals surface area contributed by atoms with Crippen molar-refractivity contribution in [2.75, 3.05) is 0 Å². The van der Waals surface area contributed by atoms with Gasteiger partial charge in [-0.15, -0.1) is 0 Å². The molecule has 2 aliphatic rings. The maximum absolute atomic E-state index is 11.1. The van der Waals surface area contributed by atoms with Crippen molar-refractivity contribution in [3.05, 3.63) is 0 Å². The molecule has 2 aliphatic carbocycles. The van der Waals surface area contributed by atoms with Crippen LogP contribution in [-0.4, -0.2) is 11.9 Å².